The highest BCUT2D eigenvalue weighted by molar-refractivity contribution is 7.78. The summed E-state index contributed by atoms with van der Waals surface area (Å²) in [6.45, 7) is 2.72. The molecule has 1 aromatic carbocycles. The van der Waals surface area contributed by atoms with Crippen molar-refractivity contribution in [2.24, 2.45) is 0 Å². The molecule has 11 heteroatoms. The molecule has 5 rings (SSSR count). The first-order valence-electron chi connectivity index (χ1n) is 10.8. The lowest BCUT2D eigenvalue weighted by Gasteiger charge is -2.28. The van der Waals surface area contributed by atoms with Gasteiger partial charge in [0.1, 0.15) is 5.82 Å². The van der Waals surface area contributed by atoms with Gasteiger partial charge in [0.25, 0.3) is 5.56 Å². The molecule has 0 saturated carbocycles. The second kappa shape index (κ2) is 9.04. The summed E-state index contributed by atoms with van der Waals surface area (Å²) >= 11 is 4.45. The Morgan fingerprint density at radius 2 is 1.86 bits per heavy atom. The number of aromatic nitrogens is 3. The van der Waals surface area contributed by atoms with E-state index < -0.39 is 17.6 Å². The number of nitrogens with zero attached hydrogens (tertiary/aromatic N) is 4. The third-order valence-corrected chi connectivity index (χ3v) is 6.29. The van der Waals surface area contributed by atoms with Crippen LogP contribution >= 0.6 is 12.8 Å². The molecule has 4 aromatic rings. The number of ether oxygens (including phenoxy) is 1. The van der Waals surface area contributed by atoms with Crippen molar-refractivity contribution in [1.82, 2.24) is 13.5 Å². The average molecular weight is 505 g/mol. The van der Waals surface area contributed by atoms with Gasteiger partial charge in [-0.05, 0) is 35.4 Å². The van der Waals surface area contributed by atoms with Gasteiger partial charge in [0.2, 0.25) is 0 Å². The molecule has 0 N–H and O–H groups in total. The summed E-state index contributed by atoms with van der Waals surface area (Å²) in [7, 11) is 0. The lowest BCUT2D eigenvalue weighted by molar-refractivity contribution is -0.140. The Hall–Kier alpha value is -3.31. The van der Waals surface area contributed by atoms with Gasteiger partial charge in [-0.3, -0.25) is 8.77 Å². The number of anilines is 1. The molecule has 1 fully saturated rings. The molecule has 1 saturated heterocycles. The van der Waals surface area contributed by atoms with Gasteiger partial charge in [-0.1, -0.05) is 18.9 Å². The molecule has 6 nitrogen and oxygen atoms in total. The van der Waals surface area contributed by atoms with Crippen molar-refractivity contribution in [2.75, 3.05) is 31.2 Å². The van der Waals surface area contributed by atoms with E-state index in [0.29, 0.717) is 30.5 Å². The second-order valence-electron chi connectivity index (χ2n) is 8.24. The molecule has 182 valence electrons. The maximum atomic E-state index is 13.9. The molecule has 0 bridgehead atoms. The minimum absolute atomic E-state index is 0.0643. The van der Waals surface area contributed by atoms with E-state index in [1.807, 2.05) is 6.07 Å². The summed E-state index contributed by atoms with van der Waals surface area (Å²) in [6, 6.07) is 7.82. The van der Waals surface area contributed by atoms with Gasteiger partial charge in [-0.25, -0.2) is 9.37 Å². The number of hydrogen-bond donors (Lipinski definition) is 1. The van der Waals surface area contributed by atoms with E-state index >= 15 is 0 Å². The number of halogens is 4. The van der Waals surface area contributed by atoms with Crippen LogP contribution in [0.2, 0.25) is 0 Å². The van der Waals surface area contributed by atoms with Gasteiger partial charge >= 0.3 is 6.18 Å². The molecule has 0 unspecified atom stereocenters. The summed E-state index contributed by atoms with van der Waals surface area (Å²) in [5.41, 5.74) is 1.53. The Morgan fingerprint density at radius 3 is 2.54 bits per heavy atom. The zero-order valence-electron chi connectivity index (χ0n) is 18.3. The van der Waals surface area contributed by atoms with Crippen molar-refractivity contribution >= 4 is 29.5 Å². The highest BCUT2D eigenvalue weighted by Gasteiger charge is 2.33. The van der Waals surface area contributed by atoms with Crippen LogP contribution in [0.25, 0.3) is 22.2 Å². The van der Waals surface area contributed by atoms with Crippen LogP contribution in [0.4, 0.5) is 23.2 Å². The Labute approximate surface area is 202 Å². The van der Waals surface area contributed by atoms with E-state index in [0.717, 1.165) is 35.8 Å². The fraction of sp³-hybridized carbons (Fsp3) is 0.250. The Bertz CT molecular complexity index is 1460. The highest BCUT2D eigenvalue weighted by Crippen LogP contribution is 2.33. The SMILES string of the molecule is O=c1cc(-c2cn(S)c3ncc(N4CCOCC4)cc23)ccn1Cc1ccc(C(F)(F)F)c(F)c1. The topological polar surface area (TPSA) is 52.3 Å². The van der Waals surface area contributed by atoms with Crippen LogP contribution in [0.1, 0.15) is 11.1 Å². The lowest BCUT2D eigenvalue weighted by atomic mass is 10.1. The Balaban J connectivity index is 1.46. The monoisotopic (exact) mass is 504 g/mol. The minimum Gasteiger partial charge on any atom is -0.378 e. The van der Waals surface area contributed by atoms with E-state index in [1.165, 1.54) is 22.9 Å². The van der Waals surface area contributed by atoms with Crippen LogP contribution in [0, 0.1) is 5.82 Å². The smallest absolute Gasteiger partial charge is 0.378 e. The van der Waals surface area contributed by atoms with Crippen LogP contribution in [0.15, 0.2) is 59.8 Å². The summed E-state index contributed by atoms with van der Waals surface area (Å²) in [6.07, 6.45) is 0.317. The van der Waals surface area contributed by atoms with Crippen LogP contribution in [0.3, 0.4) is 0 Å². The molecule has 0 atom stereocenters. The molecule has 0 spiro atoms. The number of rotatable bonds is 4. The quantitative estimate of drug-likeness (QED) is 0.326. The van der Waals surface area contributed by atoms with Crippen molar-refractivity contribution in [3.05, 3.63) is 82.3 Å². The van der Waals surface area contributed by atoms with E-state index in [2.05, 4.69) is 22.7 Å². The van der Waals surface area contributed by atoms with Crippen molar-refractivity contribution in [2.45, 2.75) is 12.7 Å². The van der Waals surface area contributed by atoms with Crippen LogP contribution in [-0.4, -0.2) is 39.8 Å². The zero-order valence-corrected chi connectivity index (χ0v) is 19.2. The van der Waals surface area contributed by atoms with Gasteiger partial charge in [0.15, 0.2) is 5.65 Å². The van der Waals surface area contributed by atoms with Crippen molar-refractivity contribution < 1.29 is 22.3 Å². The van der Waals surface area contributed by atoms with E-state index in [-0.39, 0.29) is 17.7 Å². The van der Waals surface area contributed by atoms with Gasteiger partial charge in [0, 0.05) is 42.5 Å². The standard InChI is InChI=1S/C24H20F4N4O2S/c25-21-9-15(1-2-20(21)24(26,27)28)13-31-4-3-16(10-22(31)33)19-14-32(35)23-18(19)11-17(12-29-23)30-5-7-34-8-6-30/h1-4,9-12,14,35H,5-8,13H2. The minimum atomic E-state index is -4.77. The predicted molar refractivity (Wildman–Crippen MR) is 127 cm³/mol. The predicted octanol–water partition coefficient (Wildman–Crippen LogP) is 4.60. The maximum absolute atomic E-state index is 13.9. The largest absolute Gasteiger partial charge is 0.419 e. The number of morpholine rings is 1. The zero-order chi connectivity index (χ0) is 24.7. The summed E-state index contributed by atoms with van der Waals surface area (Å²) in [5, 5.41) is 0.825. The summed E-state index contributed by atoms with van der Waals surface area (Å²) in [5.74, 6) is -1.37. The van der Waals surface area contributed by atoms with Crippen molar-refractivity contribution in [3.8, 4) is 11.1 Å². The molecular weight excluding hydrogens is 484 g/mol. The molecule has 0 aliphatic carbocycles. The maximum Gasteiger partial charge on any atom is 0.419 e. The summed E-state index contributed by atoms with van der Waals surface area (Å²) in [4.78, 5) is 19.5. The first-order chi connectivity index (χ1) is 16.7. The number of pyridine rings is 2. The second-order valence-corrected chi connectivity index (χ2v) is 8.68. The van der Waals surface area contributed by atoms with E-state index in [9.17, 15) is 22.4 Å². The van der Waals surface area contributed by atoms with Crippen LogP contribution in [0.5, 0.6) is 0 Å². The molecule has 1 aliphatic heterocycles. The van der Waals surface area contributed by atoms with Gasteiger partial charge in [-0.2, -0.15) is 13.2 Å². The average Bonchev–Trinajstić information content (AvgIpc) is 3.16. The summed E-state index contributed by atoms with van der Waals surface area (Å²) < 4.78 is 60.6. The van der Waals surface area contributed by atoms with Crippen LogP contribution in [-0.2, 0) is 17.5 Å². The van der Waals surface area contributed by atoms with Crippen molar-refractivity contribution in [1.29, 1.82) is 0 Å². The number of benzene rings is 1. The van der Waals surface area contributed by atoms with Gasteiger partial charge in [-0.15, -0.1) is 0 Å². The fourth-order valence-corrected chi connectivity index (χ4v) is 4.47. The van der Waals surface area contributed by atoms with Gasteiger partial charge in [0.05, 0.1) is 37.2 Å². The molecule has 0 amide bonds. The molecule has 1 aliphatic rings. The third kappa shape index (κ3) is 4.65. The highest BCUT2D eigenvalue weighted by atomic mass is 32.1. The first kappa shape index (κ1) is 23.4. The number of hydrogen-bond acceptors (Lipinski definition) is 5. The number of alkyl halides is 3. The Morgan fingerprint density at radius 1 is 1.09 bits per heavy atom. The van der Waals surface area contributed by atoms with E-state index in [1.54, 1.807) is 22.4 Å². The molecule has 0 radical (unpaired) electrons. The number of thiol groups is 1. The third-order valence-electron chi connectivity index (χ3n) is 5.99. The normalized spacial score (nSPS) is 14.6. The van der Waals surface area contributed by atoms with Crippen LogP contribution < -0.4 is 10.5 Å². The van der Waals surface area contributed by atoms with Crippen molar-refractivity contribution in [3.63, 3.8) is 0 Å². The first-order valence-corrected chi connectivity index (χ1v) is 11.2. The fourth-order valence-electron chi connectivity index (χ4n) is 4.19. The Kier molecular flexibility index (Phi) is 6.06. The lowest BCUT2D eigenvalue weighted by Crippen LogP contribution is -2.36. The van der Waals surface area contributed by atoms with Gasteiger partial charge < -0.3 is 14.2 Å². The van der Waals surface area contributed by atoms with E-state index in [4.69, 9.17) is 4.74 Å². The molecule has 3 aromatic heterocycles. The molecule has 35 heavy (non-hydrogen) atoms. The number of fused-ring (bicyclic) bond motifs is 1. The molecular formula is C24H20F4N4O2S. The molecule has 4 heterocycles.